The summed E-state index contributed by atoms with van der Waals surface area (Å²) in [5.74, 6) is 0. The van der Waals surface area contributed by atoms with Gasteiger partial charge in [-0.1, -0.05) is 59.5 Å². The number of hydrogen-bond donors (Lipinski definition) is 0. The summed E-state index contributed by atoms with van der Waals surface area (Å²) in [5.41, 5.74) is 7.01. The Bertz CT molecular complexity index is 1350. The number of rotatable bonds is 1. The molecule has 2 heterocycles. The smallest absolute Gasteiger partial charge is 0.120 e. The molecule has 0 aliphatic heterocycles. The first-order valence-electron chi connectivity index (χ1n) is 8.33. The standard InChI is InChI=1S/C23H12NO.Ir/c1-2-10-21-16(6-1)17-7-4-8-18(23(17)25-21)20-13-15-12-11-14-5-3-9-19(24-20)22(14)15;/h1-7,9-13H;/q-1;. The molecule has 0 atom stereocenters. The van der Waals surface area contributed by atoms with Gasteiger partial charge >= 0.3 is 0 Å². The van der Waals surface area contributed by atoms with Crippen molar-refractivity contribution in [2.75, 3.05) is 0 Å². The molecule has 0 bridgehead atoms. The van der Waals surface area contributed by atoms with E-state index in [1.807, 2.05) is 24.3 Å². The third-order valence-electron chi connectivity index (χ3n) is 4.93. The van der Waals surface area contributed by atoms with Crippen LogP contribution in [0.15, 0.2) is 65.1 Å². The van der Waals surface area contributed by atoms with E-state index in [1.165, 1.54) is 16.5 Å². The van der Waals surface area contributed by atoms with E-state index in [9.17, 15) is 0 Å². The SMILES string of the molecule is [Ir].[c-]1ccc2c(oc3ccccc32)c1-c1cc2c3c(cccc3n1)C=C2. The molecule has 1 radical (unpaired) electrons. The van der Waals surface area contributed by atoms with Gasteiger partial charge in [0.05, 0.1) is 11.1 Å². The Balaban J connectivity index is 0.00000150. The number of fused-ring (bicyclic) bond motifs is 3. The van der Waals surface area contributed by atoms with Crippen LogP contribution in [0.4, 0.5) is 0 Å². The number of pyridine rings is 1. The van der Waals surface area contributed by atoms with E-state index in [0.29, 0.717) is 0 Å². The quantitative estimate of drug-likeness (QED) is 0.251. The van der Waals surface area contributed by atoms with E-state index in [0.717, 1.165) is 38.7 Å². The summed E-state index contributed by atoms with van der Waals surface area (Å²) in [5, 5.41) is 3.45. The molecule has 1 aliphatic carbocycles. The van der Waals surface area contributed by atoms with E-state index < -0.39 is 0 Å². The Morgan fingerprint density at radius 2 is 1.73 bits per heavy atom. The van der Waals surface area contributed by atoms with Gasteiger partial charge in [0.1, 0.15) is 5.58 Å². The summed E-state index contributed by atoms with van der Waals surface area (Å²) >= 11 is 0. The Hall–Kier alpha value is -2.74. The molecule has 0 amide bonds. The maximum atomic E-state index is 6.15. The number of benzene rings is 3. The summed E-state index contributed by atoms with van der Waals surface area (Å²) in [6, 6.07) is 23.9. The first-order chi connectivity index (χ1) is 12.4. The predicted octanol–water partition coefficient (Wildman–Crippen LogP) is 6.08. The Kier molecular flexibility index (Phi) is 3.36. The molecule has 125 valence electrons. The molecule has 0 saturated carbocycles. The number of aromatic nitrogens is 1. The van der Waals surface area contributed by atoms with Crippen molar-refractivity contribution in [2.45, 2.75) is 0 Å². The van der Waals surface area contributed by atoms with Gasteiger partial charge in [0.15, 0.2) is 0 Å². The topological polar surface area (TPSA) is 26.0 Å². The van der Waals surface area contributed by atoms with Crippen LogP contribution in [0.5, 0.6) is 0 Å². The maximum absolute atomic E-state index is 6.15. The molecule has 0 spiro atoms. The van der Waals surface area contributed by atoms with Gasteiger partial charge in [-0.25, -0.2) is 0 Å². The summed E-state index contributed by atoms with van der Waals surface area (Å²) in [4.78, 5) is 4.90. The van der Waals surface area contributed by atoms with Gasteiger partial charge in [-0.3, -0.25) is 4.98 Å². The molecule has 0 fully saturated rings. The molecule has 2 nitrogen and oxygen atoms in total. The van der Waals surface area contributed by atoms with Crippen molar-refractivity contribution < 1.29 is 24.5 Å². The van der Waals surface area contributed by atoms with Crippen LogP contribution in [0.2, 0.25) is 0 Å². The second-order valence-corrected chi connectivity index (χ2v) is 6.37. The molecule has 0 unspecified atom stereocenters. The Morgan fingerprint density at radius 1 is 0.846 bits per heavy atom. The van der Waals surface area contributed by atoms with Gasteiger partial charge < -0.3 is 4.42 Å². The van der Waals surface area contributed by atoms with Crippen molar-refractivity contribution in [3.63, 3.8) is 0 Å². The van der Waals surface area contributed by atoms with Crippen LogP contribution in [-0.4, -0.2) is 4.98 Å². The number of para-hydroxylation sites is 1. The number of furan rings is 1. The molecule has 26 heavy (non-hydrogen) atoms. The van der Waals surface area contributed by atoms with E-state index >= 15 is 0 Å². The molecular formula is C23H12IrNO-. The minimum atomic E-state index is 0. The fraction of sp³-hybridized carbons (Fsp3) is 0. The van der Waals surface area contributed by atoms with Crippen molar-refractivity contribution in [1.29, 1.82) is 0 Å². The third-order valence-corrected chi connectivity index (χ3v) is 4.93. The fourth-order valence-electron chi connectivity index (χ4n) is 3.81. The fourth-order valence-corrected chi connectivity index (χ4v) is 3.81. The molecule has 3 heteroatoms. The molecule has 0 N–H and O–H groups in total. The minimum Gasteiger partial charge on any atom is -0.501 e. The van der Waals surface area contributed by atoms with Gasteiger partial charge in [-0.05, 0) is 29.0 Å². The van der Waals surface area contributed by atoms with Crippen molar-refractivity contribution in [3.8, 4) is 11.3 Å². The van der Waals surface area contributed by atoms with Gasteiger partial charge in [-0.2, -0.15) is 0 Å². The van der Waals surface area contributed by atoms with Crippen LogP contribution in [0.25, 0.3) is 56.3 Å². The molecule has 1 aliphatic rings. The van der Waals surface area contributed by atoms with Crippen LogP contribution in [0, 0.1) is 6.07 Å². The Labute approximate surface area is 163 Å². The summed E-state index contributed by atoms with van der Waals surface area (Å²) < 4.78 is 6.15. The summed E-state index contributed by atoms with van der Waals surface area (Å²) in [6.07, 6.45) is 4.30. The van der Waals surface area contributed by atoms with Crippen LogP contribution >= 0.6 is 0 Å². The summed E-state index contributed by atoms with van der Waals surface area (Å²) in [7, 11) is 0. The molecule has 0 saturated heterocycles. The zero-order chi connectivity index (χ0) is 16.4. The van der Waals surface area contributed by atoms with Crippen molar-refractivity contribution in [1.82, 2.24) is 4.98 Å². The van der Waals surface area contributed by atoms with Crippen molar-refractivity contribution >= 4 is 45.0 Å². The molecule has 5 aromatic rings. The van der Waals surface area contributed by atoms with Crippen molar-refractivity contribution in [2.24, 2.45) is 0 Å². The first-order valence-corrected chi connectivity index (χ1v) is 8.33. The van der Waals surface area contributed by atoms with Crippen LogP contribution in [0.1, 0.15) is 11.1 Å². The van der Waals surface area contributed by atoms with Crippen LogP contribution in [-0.2, 0) is 20.1 Å². The Morgan fingerprint density at radius 3 is 2.69 bits per heavy atom. The molecule has 2 aromatic heterocycles. The van der Waals surface area contributed by atoms with Gasteiger partial charge in [0, 0.05) is 30.9 Å². The summed E-state index contributed by atoms with van der Waals surface area (Å²) in [6.45, 7) is 0. The van der Waals surface area contributed by atoms with Crippen molar-refractivity contribution in [3.05, 3.63) is 77.9 Å². The van der Waals surface area contributed by atoms with Gasteiger partial charge in [-0.15, -0.1) is 18.2 Å². The average Bonchev–Trinajstić information content (AvgIpc) is 3.24. The second-order valence-electron chi connectivity index (χ2n) is 6.37. The van der Waals surface area contributed by atoms with Crippen LogP contribution < -0.4 is 0 Å². The second kappa shape index (κ2) is 5.63. The van der Waals surface area contributed by atoms with Gasteiger partial charge in [0.25, 0.3) is 0 Å². The predicted molar refractivity (Wildman–Crippen MR) is 102 cm³/mol. The van der Waals surface area contributed by atoms with E-state index in [2.05, 4.69) is 54.6 Å². The zero-order valence-corrected chi connectivity index (χ0v) is 16.0. The monoisotopic (exact) mass is 511 g/mol. The number of hydrogen-bond acceptors (Lipinski definition) is 2. The van der Waals surface area contributed by atoms with Crippen LogP contribution in [0.3, 0.4) is 0 Å². The average molecular weight is 511 g/mol. The normalized spacial score (nSPS) is 12.2. The minimum absolute atomic E-state index is 0. The first kappa shape index (κ1) is 15.5. The largest absolute Gasteiger partial charge is 0.501 e. The van der Waals surface area contributed by atoms with E-state index in [-0.39, 0.29) is 20.1 Å². The molecule has 6 rings (SSSR count). The zero-order valence-electron chi connectivity index (χ0n) is 13.6. The molecular weight excluding hydrogens is 498 g/mol. The van der Waals surface area contributed by atoms with E-state index in [1.54, 1.807) is 0 Å². The third kappa shape index (κ3) is 2.05. The maximum Gasteiger partial charge on any atom is 0.120 e. The van der Waals surface area contributed by atoms with Gasteiger partial charge in [0.2, 0.25) is 0 Å². The molecule has 3 aromatic carbocycles. The number of nitrogens with zero attached hydrogens (tertiary/aromatic N) is 1. The van der Waals surface area contributed by atoms with E-state index in [4.69, 9.17) is 9.40 Å².